The summed E-state index contributed by atoms with van der Waals surface area (Å²) in [7, 11) is 0. The van der Waals surface area contributed by atoms with Crippen LogP contribution in [0.1, 0.15) is 0 Å². The third-order valence-electron chi connectivity index (χ3n) is 1.21. The van der Waals surface area contributed by atoms with Crippen molar-refractivity contribution in [2.24, 2.45) is 0 Å². The monoisotopic (exact) mass is 295 g/mol. The second-order valence-corrected chi connectivity index (χ2v) is 3.78. The number of amides is 1. The van der Waals surface area contributed by atoms with Crippen LogP contribution < -0.4 is 5.32 Å². The first kappa shape index (κ1) is 9.67. The molecule has 5 heteroatoms. The number of halogens is 3. The molecular formula is C7H4Br2FNO. The Hall–Kier alpha value is -0.420. The van der Waals surface area contributed by atoms with E-state index in [1.165, 1.54) is 6.07 Å². The second kappa shape index (κ2) is 4.00. The molecule has 12 heavy (non-hydrogen) atoms. The molecule has 0 spiro atoms. The zero-order valence-electron chi connectivity index (χ0n) is 5.77. The van der Waals surface area contributed by atoms with Gasteiger partial charge in [-0.2, -0.15) is 0 Å². The van der Waals surface area contributed by atoms with E-state index in [1.807, 2.05) is 0 Å². The van der Waals surface area contributed by atoms with E-state index in [-0.39, 0.29) is 5.69 Å². The normalized spacial score (nSPS) is 9.58. The molecule has 0 heterocycles. The molecule has 0 aromatic heterocycles. The smallest absolute Gasteiger partial charge is 0.211 e. The molecule has 1 aromatic rings. The summed E-state index contributed by atoms with van der Waals surface area (Å²) in [6, 6.07) is 2.92. The molecule has 0 saturated carbocycles. The van der Waals surface area contributed by atoms with Gasteiger partial charge in [-0.15, -0.1) is 0 Å². The van der Waals surface area contributed by atoms with Crippen LogP contribution >= 0.6 is 31.9 Å². The molecule has 0 radical (unpaired) electrons. The van der Waals surface area contributed by atoms with Crippen molar-refractivity contribution in [2.75, 3.05) is 5.32 Å². The zero-order valence-corrected chi connectivity index (χ0v) is 8.95. The maximum Gasteiger partial charge on any atom is 0.211 e. The molecule has 64 valence electrons. The molecule has 0 fully saturated rings. The molecule has 0 aliphatic carbocycles. The Morgan fingerprint density at radius 3 is 2.58 bits per heavy atom. The number of hydrogen-bond acceptors (Lipinski definition) is 1. The first-order valence-electron chi connectivity index (χ1n) is 3.00. The van der Waals surface area contributed by atoms with Gasteiger partial charge in [-0.3, -0.25) is 4.79 Å². The van der Waals surface area contributed by atoms with Gasteiger partial charge in [0.25, 0.3) is 0 Å². The molecule has 0 bridgehead atoms. The molecule has 0 atom stereocenters. The Bertz CT molecular complexity index is 293. The van der Waals surface area contributed by atoms with Crippen molar-refractivity contribution in [1.29, 1.82) is 0 Å². The average Bonchev–Trinajstić information content (AvgIpc) is 1.96. The van der Waals surface area contributed by atoms with Crippen molar-refractivity contribution in [3.63, 3.8) is 0 Å². The van der Waals surface area contributed by atoms with Gasteiger partial charge in [0.1, 0.15) is 5.82 Å². The van der Waals surface area contributed by atoms with Gasteiger partial charge in [-0.05, 0) is 28.1 Å². The summed E-state index contributed by atoms with van der Waals surface area (Å²) in [4.78, 5) is 10.1. The summed E-state index contributed by atoms with van der Waals surface area (Å²) < 4.78 is 14.1. The van der Waals surface area contributed by atoms with Gasteiger partial charge in [0.15, 0.2) is 0 Å². The number of carbonyl (C=O) groups is 1. The van der Waals surface area contributed by atoms with Crippen molar-refractivity contribution in [3.8, 4) is 0 Å². The van der Waals surface area contributed by atoms with Crippen LogP contribution in [0.25, 0.3) is 0 Å². The van der Waals surface area contributed by atoms with Crippen LogP contribution in [0.3, 0.4) is 0 Å². The van der Waals surface area contributed by atoms with Gasteiger partial charge in [0.05, 0.1) is 5.69 Å². The van der Waals surface area contributed by atoms with Gasteiger partial charge in [-0.25, -0.2) is 4.39 Å². The SMILES string of the molecule is O=CNc1c(F)cc(Br)cc1Br. The molecule has 1 amide bonds. The van der Waals surface area contributed by atoms with Crippen LogP contribution in [0.15, 0.2) is 21.1 Å². The minimum absolute atomic E-state index is 0.146. The summed E-state index contributed by atoms with van der Waals surface area (Å²) in [5.41, 5.74) is 0.146. The molecule has 0 aliphatic rings. The van der Waals surface area contributed by atoms with Crippen molar-refractivity contribution >= 4 is 44.0 Å². The molecular weight excluding hydrogens is 293 g/mol. The molecule has 1 N–H and O–H groups in total. The number of nitrogens with one attached hydrogen (secondary N) is 1. The fourth-order valence-electron chi connectivity index (χ4n) is 0.739. The van der Waals surface area contributed by atoms with Gasteiger partial charge >= 0.3 is 0 Å². The average molecular weight is 297 g/mol. The third-order valence-corrected chi connectivity index (χ3v) is 2.29. The predicted octanol–water partition coefficient (Wildman–Crippen LogP) is 2.92. The van der Waals surface area contributed by atoms with Crippen molar-refractivity contribution in [3.05, 3.63) is 26.9 Å². The molecule has 2 nitrogen and oxygen atoms in total. The van der Waals surface area contributed by atoms with E-state index < -0.39 is 5.82 Å². The number of benzene rings is 1. The quantitative estimate of drug-likeness (QED) is 0.836. The summed E-state index contributed by atoms with van der Waals surface area (Å²) in [6.45, 7) is 0. The standard InChI is InChI=1S/C7H4Br2FNO/c8-4-1-5(9)7(11-3-12)6(10)2-4/h1-3H,(H,11,12). The molecule has 0 unspecified atom stereocenters. The number of anilines is 1. The molecule has 1 aromatic carbocycles. The highest BCUT2D eigenvalue weighted by Crippen LogP contribution is 2.28. The maximum absolute atomic E-state index is 13.0. The van der Waals surface area contributed by atoms with Gasteiger partial charge in [-0.1, -0.05) is 15.9 Å². The van der Waals surface area contributed by atoms with Crippen LogP contribution in [0.4, 0.5) is 10.1 Å². The van der Waals surface area contributed by atoms with Crippen molar-refractivity contribution < 1.29 is 9.18 Å². The minimum atomic E-state index is -0.483. The summed E-state index contributed by atoms with van der Waals surface area (Å²) in [5, 5.41) is 2.25. The summed E-state index contributed by atoms with van der Waals surface area (Å²) >= 11 is 6.22. The van der Waals surface area contributed by atoms with Gasteiger partial charge in [0, 0.05) is 8.95 Å². The van der Waals surface area contributed by atoms with Crippen LogP contribution in [0, 0.1) is 5.82 Å². The summed E-state index contributed by atoms with van der Waals surface area (Å²) in [6.07, 6.45) is 0.428. The predicted molar refractivity (Wildman–Crippen MR) is 51.5 cm³/mol. The Labute approximate surface area is 85.4 Å². The Morgan fingerprint density at radius 1 is 1.42 bits per heavy atom. The van der Waals surface area contributed by atoms with Crippen LogP contribution in [0.5, 0.6) is 0 Å². The lowest BCUT2D eigenvalue weighted by atomic mass is 10.3. The number of carbonyl (C=O) groups excluding carboxylic acids is 1. The van der Waals surface area contributed by atoms with E-state index in [1.54, 1.807) is 6.07 Å². The Balaban J connectivity index is 3.18. The largest absolute Gasteiger partial charge is 0.325 e. The van der Waals surface area contributed by atoms with E-state index in [0.29, 0.717) is 15.4 Å². The second-order valence-electron chi connectivity index (χ2n) is 2.01. The fourth-order valence-corrected chi connectivity index (χ4v) is 2.03. The topological polar surface area (TPSA) is 29.1 Å². The van der Waals surface area contributed by atoms with Gasteiger partial charge < -0.3 is 5.32 Å². The number of hydrogen-bond donors (Lipinski definition) is 1. The fraction of sp³-hybridized carbons (Fsp3) is 0. The lowest BCUT2D eigenvalue weighted by Crippen LogP contribution is -1.97. The maximum atomic E-state index is 13.0. The molecule has 0 saturated heterocycles. The van der Waals surface area contributed by atoms with Crippen molar-refractivity contribution in [1.82, 2.24) is 0 Å². The van der Waals surface area contributed by atoms with Crippen LogP contribution in [-0.2, 0) is 4.79 Å². The minimum Gasteiger partial charge on any atom is -0.325 e. The lowest BCUT2D eigenvalue weighted by molar-refractivity contribution is -0.105. The molecule has 1 rings (SSSR count). The Morgan fingerprint density at radius 2 is 2.08 bits per heavy atom. The molecule has 0 aliphatic heterocycles. The van der Waals surface area contributed by atoms with Gasteiger partial charge in [0.2, 0.25) is 6.41 Å². The van der Waals surface area contributed by atoms with Crippen molar-refractivity contribution in [2.45, 2.75) is 0 Å². The van der Waals surface area contributed by atoms with E-state index in [2.05, 4.69) is 37.2 Å². The van der Waals surface area contributed by atoms with E-state index in [0.717, 1.165) is 0 Å². The first-order valence-corrected chi connectivity index (χ1v) is 4.58. The first-order chi connectivity index (χ1) is 5.65. The Kier molecular flexibility index (Phi) is 3.22. The zero-order chi connectivity index (χ0) is 9.14. The van der Waals surface area contributed by atoms with Crippen LogP contribution in [0.2, 0.25) is 0 Å². The van der Waals surface area contributed by atoms with E-state index in [9.17, 15) is 9.18 Å². The van der Waals surface area contributed by atoms with E-state index >= 15 is 0 Å². The highest BCUT2D eigenvalue weighted by Gasteiger charge is 2.06. The van der Waals surface area contributed by atoms with Crippen LogP contribution in [-0.4, -0.2) is 6.41 Å². The highest BCUT2D eigenvalue weighted by atomic mass is 79.9. The lowest BCUT2D eigenvalue weighted by Gasteiger charge is -2.03. The van der Waals surface area contributed by atoms with E-state index in [4.69, 9.17) is 0 Å². The third kappa shape index (κ3) is 2.04. The number of rotatable bonds is 2. The summed E-state index contributed by atoms with van der Waals surface area (Å²) in [5.74, 6) is -0.483. The highest BCUT2D eigenvalue weighted by molar-refractivity contribution is 9.11.